The molecule has 0 aliphatic rings. The molecule has 0 spiro atoms. The second-order valence-electron chi connectivity index (χ2n) is 5.57. The van der Waals surface area contributed by atoms with Crippen molar-refractivity contribution in [1.29, 1.82) is 5.26 Å². The fraction of sp³-hybridized carbons (Fsp3) is 0.111. The number of tetrazole rings is 1. The SMILES string of the molecule is C#CCSc1nc(Sc2nnnn2C)c(C#N)c(-c2c[nH]c3ccccc23)n1. The van der Waals surface area contributed by atoms with Crippen molar-refractivity contribution in [3.8, 4) is 29.7 Å². The molecular formula is C18H12N8S2. The number of nitriles is 1. The van der Waals surface area contributed by atoms with Gasteiger partial charge in [0.2, 0.25) is 5.16 Å². The number of thioether (sulfide) groups is 1. The van der Waals surface area contributed by atoms with Crippen LogP contribution in [0.5, 0.6) is 0 Å². The lowest BCUT2D eigenvalue weighted by atomic mass is 10.1. The molecule has 0 saturated carbocycles. The summed E-state index contributed by atoms with van der Waals surface area (Å²) in [5.74, 6) is 3.00. The lowest BCUT2D eigenvalue weighted by Gasteiger charge is -2.09. The summed E-state index contributed by atoms with van der Waals surface area (Å²) < 4.78 is 1.52. The lowest BCUT2D eigenvalue weighted by molar-refractivity contribution is 0.664. The van der Waals surface area contributed by atoms with Gasteiger partial charge >= 0.3 is 0 Å². The van der Waals surface area contributed by atoms with Crippen LogP contribution in [0.2, 0.25) is 0 Å². The zero-order chi connectivity index (χ0) is 19.5. The molecule has 1 aromatic carbocycles. The van der Waals surface area contributed by atoms with Crippen LogP contribution in [0.25, 0.3) is 22.2 Å². The number of para-hydroxylation sites is 1. The Morgan fingerprint density at radius 2 is 2.14 bits per heavy atom. The van der Waals surface area contributed by atoms with Gasteiger partial charge in [-0.3, -0.25) is 0 Å². The molecule has 0 radical (unpaired) electrons. The zero-order valence-electron chi connectivity index (χ0n) is 14.6. The highest BCUT2D eigenvalue weighted by Gasteiger charge is 2.21. The predicted molar refractivity (Wildman–Crippen MR) is 107 cm³/mol. The van der Waals surface area contributed by atoms with Crippen molar-refractivity contribution in [3.63, 3.8) is 0 Å². The molecule has 4 aromatic rings. The normalized spacial score (nSPS) is 10.7. The fourth-order valence-electron chi connectivity index (χ4n) is 2.62. The van der Waals surface area contributed by atoms with Crippen molar-refractivity contribution in [2.45, 2.75) is 15.3 Å². The molecule has 136 valence electrons. The monoisotopic (exact) mass is 404 g/mol. The smallest absolute Gasteiger partial charge is 0.215 e. The van der Waals surface area contributed by atoms with E-state index in [-0.39, 0.29) is 0 Å². The molecule has 0 aliphatic carbocycles. The third-order valence-electron chi connectivity index (χ3n) is 3.87. The molecule has 8 nitrogen and oxygen atoms in total. The third kappa shape index (κ3) is 3.31. The highest BCUT2D eigenvalue weighted by molar-refractivity contribution is 7.99. The van der Waals surface area contributed by atoms with Crippen LogP contribution in [0.3, 0.4) is 0 Å². The number of fused-ring (bicyclic) bond motifs is 1. The van der Waals surface area contributed by atoms with E-state index in [1.54, 1.807) is 7.05 Å². The minimum absolute atomic E-state index is 0.364. The Labute approximate surface area is 168 Å². The van der Waals surface area contributed by atoms with Gasteiger partial charge in [0, 0.05) is 29.7 Å². The van der Waals surface area contributed by atoms with Gasteiger partial charge in [0.05, 0.1) is 11.4 Å². The van der Waals surface area contributed by atoms with Crippen LogP contribution < -0.4 is 0 Å². The average molecular weight is 404 g/mol. The van der Waals surface area contributed by atoms with E-state index < -0.39 is 0 Å². The van der Waals surface area contributed by atoms with E-state index in [0.717, 1.165) is 16.5 Å². The maximum atomic E-state index is 9.88. The van der Waals surface area contributed by atoms with Crippen LogP contribution >= 0.6 is 23.5 Å². The molecule has 0 saturated heterocycles. The molecule has 0 bridgehead atoms. The zero-order valence-corrected chi connectivity index (χ0v) is 16.3. The van der Waals surface area contributed by atoms with Gasteiger partial charge in [0.25, 0.3) is 0 Å². The molecular weight excluding hydrogens is 392 g/mol. The molecule has 0 fully saturated rings. The Morgan fingerprint density at radius 1 is 1.29 bits per heavy atom. The van der Waals surface area contributed by atoms with Gasteiger partial charge in [-0.25, -0.2) is 14.6 Å². The summed E-state index contributed by atoms with van der Waals surface area (Å²) in [5, 5.41) is 23.8. The maximum Gasteiger partial charge on any atom is 0.215 e. The van der Waals surface area contributed by atoms with Crippen molar-refractivity contribution >= 4 is 34.4 Å². The van der Waals surface area contributed by atoms with Gasteiger partial charge in [0.1, 0.15) is 16.7 Å². The molecule has 3 heterocycles. The predicted octanol–water partition coefficient (Wildman–Crippen LogP) is 2.90. The van der Waals surface area contributed by atoms with Crippen LogP contribution in [0.4, 0.5) is 0 Å². The van der Waals surface area contributed by atoms with Crippen LogP contribution in [0.1, 0.15) is 5.56 Å². The van der Waals surface area contributed by atoms with Crippen LogP contribution in [-0.2, 0) is 7.05 Å². The van der Waals surface area contributed by atoms with E-state index in [1.807, 2.05) is 30.5 Å². The van der Waals surface area contributed by atoms with Crippen molar-refractivity contribution < 1.29 is 0 Å². The number of terminal acetylenes is 1. The number of aryl methyl sites for hydroxylation is 1. The van der Waals surface area contributed by atoms with Crippen molar-refractivity contribution in [3.05, 3.63) is 36.0 Å². The second kappa shape index (κ2) is 7.72. The van der Waals surface area contributed by atoms with Crippen molar-refractivity contribution in [2.24, 2.45) is 7.05 Å². The summed E-state index contributed by atoms with van der Waals surface area (Å²) in [4.78, 5) is 12.4. The molecule has 0 unspecified atom stereocenters. The highest BCUT2D eigenvalue weighted by Crippen LogP contribution is 2.36. The number of nitrogens with one attached hydrogen (secondary N) is 1. The average Bonchev–Trinajstić information content (AvgIpc) is 3.32. The lowest BCUT2D eigenvalue weighted by Crippen LogP contribution is -2.01. The number of H-pyrrole nitrogens is 1. The summed E-state index contributed by atoms with van der Waals surface area (Å²) in [6.07, 6.45) is 7.24. The number of benzene rings is 1. The van der Waals surface area contributed by atoms with Gasteiger partial charge in [0.15, 0.2) is 5.16 Å². The Morgan fingerprint density at radius 3 is 2.89 bits per heavy atom. The molecule has 0 atom stereocenters. The first kappa shape index (κ1) is 18.0. The quantitative estimate of drug-likeness (QED) is 0.234. The van der Waals surface area contributed by atoms with E-state index in [2.05, 4.69) is 42.5 Å². The van der Waals surface area contributed by atoms with Gasteiger partial charge < -0.3 is 4.98 Å². The Bertz CT molecular complexity index is 1240. The number of hydrogen-bond donors (Lipinski definition) is 1. The minimum atomic E-state index is 0.364. The molecule has 3 aromatic heterocycles. The van der Waals surface area contributed by atoms with Gasteiger partial charge in [-0.2, -0.15) is 5.26 Å². The van der Waals surface area contributed by atoms with E-state index in [0.29, 0.717) is 32.3 Å². The van der Waals surface area contributed by atoms with E-state index in [9.17, 15) is 5.26 Å². The molecule has 10 heteroatoms. The number of aromatic amines is 1. The van der Waals surface area contributed by atoms with Crippen LogP contribution in [0, 0.1) is 23.7 Å². The van der Waals surface area contributed by atoms with E-state index in [1.165, 1.54) is 28.2 Å². The summed E-state index contributed by atoms with van der Waals surface area (Å²) in [7, 11) is 1.73. The molecule has 0 aliphatic heterocycles. The number of nitrogens with zero attached hydrogens (tertiary/aromatic N) is 7. The highest BCUT2D eigenvalue weighted by atomic mass is 32.2. The van der Waals surface area contributed by atoms with Crippen LogP contribution in [-0.4, -0.2) is 40.9 Å². The number of hydrogen-bond acceptors (Lipinski definition) is 8. The number of rotatable bonds is 5. The van der Waals surface area contributed by atoms with Crippen molar-refractivity contribution in [2.75, 3.05) is 5.75 Å². The first-order valence-electron chi connectivity index (χ1n) is 8.06. The van der Waals surface area contributed by atoms with E-state index in [4.69, 9.17) is 6.42 Å². The standard InChI is InChI=1S/C18H12N8S2/c1-3-8-27-17-21-15(13-10-20-14-7-5-4-6-11(13)14)12(9-19)16(22-17)28-18-23-24-25-26(18)2/h1,4-7,10,20H,8H2,2H3. The van der Waals surface area contributed by atoms with Crippen LogP contribution in [0.15, 0.2) is 45.8 Å². The maximum absolute atomic E-state index is 9.88. The summed E-state index contributed by atoms with van der Waals surface area (Å²) >= 11 is 2.55. The summed E-state index contributed by atoms with van der Waals surface area (Å²) in [6, 6.07) is 10.1. The number of aromatic nitrogens is 7. The fourth-order valence-corrected chi connectivity index (χ4v) is 4.00. The molecule has 0 amide bonds. The Kier molecular flexibility index (Phi) is 4.98. The minimum Gasteiger partial charge on any atom is -0.360 e. The van der Waals surface area contributed by atoms with E-state index >= 15 is 0 Å². The molecule has 1 N–H and O–H groups in total. The molecule has 28 heavy (non-hydrogen) atoms. The van der Waals surface area contributed by atoms with Gasteiger partial charge in [-0.15, -0.1) is 11.5 Å². The van der Waals surface area contributed by atoms with Crippen molar-refractivity contribution in [1.82, 2.24) is 35.2 Å². The Balaban J connectivity index is 1.91. The first-order valence-corrected chi connectivity index (χ1v) is 9.86. The second-order valence-corrected chi connectivity index (χ2v) is 7.47. The topological polar surface area (TPSA) is 109 Å². The summed E-state index contributed by atoms with van der Waals surface area (Å²) in [6.45, 7) is 0. The van der Waals surface area contributed by atoms with Gasteiger partial charge in [-0.1, -0.05) is 35.9 Å². The Hall–Kier alpha value is -3.34. The third-order valence-corrected chi connectivity index (χ3v) is 5.63. The largest absolute Gasteiger partial charge is 0.360 e. The molecule has 4 rings (SSSR count). The summed E-state index contributed by atoms with van der Waals surface area (Å²) in [5.41, 5.74) is 2.70. The van der Waals surface area contributed by atoms with Gasteiger partial charge in [-0.05, 0) is 28.3 Å². The first-order chi connectivity index (χ1) is 13.7.